The topological polar surface area (TPSA) is 55.1 Å². The van der Waals surface area contributed by atoms with Crippen molar-refractivity contribution in [1.82, 2.24) is 5.32 Å². The van der Waals surface area contributed by atoms with Gasteiger partial charge in [-0.1, -0.05) is 57.4 Å². The molecule has 1 aliphatic rings. The van der Waals surface area contributed by atoms with Crippen LogP contribution in [-0.2, 0) is 11.3 Å². The van der Waals surface area contributed by atoms with Gasteiger partial charge in [-0.25, -0.2) is 0 Å². The third kappa shape index (κ3) is 4.85. The Labute approximate surface area is 128 Å². The highest BCUT2D eigenvalue weighted by Gasteiger charge is 2.29. The molecule has 0 aliphatic heterocycles. The largest absolute Gasteiger partial charge is 0.352 e. The molecular formula is C18H28N2O. The van der Waals surface area contributed by atoms with Crippen LogP contribution in [0, 0.1) is 0 Å². The summed E-state index contributed by atoms with van der Waals surface area (Å²) < 4.78 is 0. The first-order chi connectivity index (χ1) is 9.98. The fourth-order valence-electron chi connectivity index (χ4n) is 3.04. The molecule has 3 heteroatoms. The molecule has 0 aromatic heterocycles. The summed E-state index contributed by atoms with van der Waals surface area (Å²) in [6, 6.07) is 8.46. The zero-order valence-corrected chi connectivity index (χ0v) is 13.3. The molecule has 3 N–H and O–H groups in total. The van der Waals surface area contributed by atoms with Crippen LogP contribution in [0.5, 0.6) is 0 Å². The van der Waals surface area contributed by atoms with Gasteiger partial charge >= 0.3 is 0 Å². The van der Waals surface area contributed by atoms with Gasteiger partial charge in [0.25, 0.3) is 0 Å². The lowest BCUT2D eigenvalue weighted by Gasteiger charge is -2.32. The van der Waals surface area contributed by atoms with E-state index in [0.717, 1.165) is 31.2 Å². The van der Waals surface area contributed by atoms with Crippen LogP contribution in [0.4, 0.5) is 0 Å². The van der Waals surface area contributed by atoms with Gasteiger partial charge in [-0.2, -0.15) is 0 Å². The summed E-state index contributed by atoms with van der Waals surface area (Å²) in [4.78, 5) is 12.1. The summed E-state index contributed by atoms with van der Waals surface area (Å²) in [5, 5.41) is 3.00. The lowest BCUT2D eigenvalue weighted by Crippen LogP contribution is -2.45. The highest BCUT2D eigenvalue weighted by Crippen LogP contribution is 2.28. The number of rotatable bonds is 5. The highest BCUT2D eigenvalue weighted by atomic mass is 16.1. The second-order valence-corrected chi connectivity index (χ2v) is 6.77. The van der Waals surface area contributed by atoms with Crippen LogP contribution >= 0.6 is 0 Å². The fraction of sp³-hybridized carbons (Fsp3) is 0.611. The van der Waals surface area contributed by atoms with Crippen LogP contribution in [-0.4, -0.2) is 11.4 Å². The van der Waals surface area contributed by atoms with E-state index in [4.69, 9.17) is 5.73 Å². The van der Waals surface area contributed by atoms with Crippen LogP contribution < -0.4 is 11.1 Å². The second kappa shape index (κ2) is 7.08. The first-order valence-corrected chi connectivity index (χ1v) is 8.13. The third-order valence-corrected chi connectivity index (χ3v) is 4.50. The molecule has 0 atom stereocenters. The molecule has 0 spiro atoms. The van der Waals surface area contributed by atoms with Crippen molar-refractivity contribution < 1.29 is 4.79 Å². The minimum Gasteiger partial charge on any atom is -0.352 e. The summed E-state index contributed by atoms with van der Waals surface area (Å²) in [6.45, 7) is 4.95. The van der Waals surface area contributed by atoms with Crippen LogP contribution in [0.15, 0.2) is 24.3 Å². The quantitative estimate of drug-likeness (QED) is 0.871. The molecule has 3 nitrogen and oxygen atoms in total. The number of benzene rings is 1. The van der Waals surface area contributed by atoms with E-state index >= 15 is 0 Å². The number of carbonyl (C=O) groups is 1. The molecule has 21 heavy (non-hydrogen) atoms. The Balaban J connectivity index is 1.80. The summed E-state index contributed by atoms with van der Waals surface area (Å²) >= 11 is 0. The maximum atomic E-state index is 12.1. The van der Waals surface area contributed by atoms with E-state index in [0.29, 0.717) is 18.9 Å². The molecule has 1 saturated carbocycles. The first kappa shape index (κ1) is 16.0. The number of amides is 1. The zero-order chi connectivity index (χ0) is 15.3. The number of nitrogens with one attached hydrogen (secondary N) is 1. The summed E-state index contributed by atoms with van der Waals surface area (Å²) in [7, 11) is 0. The molecule has 0 radical (unpaired) electrons. The SMILES string of the molecule is CC(C)c1ccc(CNC(=O)CC2(N)CCCCC2)cc1. The smallest absolute Gasteiger partial charge is 0.222 e. The normalized spacial score (nSPS) is 17.7. The molecule has 0 unspecified atom stereocenters. The first-order valence-electron chi connectivity index (χ1n) is 8.13. The van der Waals surface area contributed by atoms with Gasteiger partial charge in [-0.3, -0.25) is 4.79 Å². The second-order valence-electron chi connectivity index (χ2n) is 6.77. The predicted molar refractivity (Wildman–Crippen MR) is 87.0 cm³/mol. The van der Waals surface area contributed by atoms with Crippen molar-refractivity contribution in [2.45, 2.75) is 70.4 Å². The molecule has 1 amide bonds. The third-order valence-electron chi connectivity index (χ3n) is 4.50. The molecule has 1 fully saturated rings. The Morgan fingerprint density at radius 2 is 1.81 bits per heavy atom. The maximum Gasteiger partial charge on any atom is 0.222 e. The molecule has 0 bridgehead atoms. The van der Waals surface area contributed by atoms with Crippen molar-refractivity contribution in [3.05, 3.63) is 35.4 Å². The van der Waals surface area contributed by atoms with Gasteiger partial charge in [0.2, 0.25) is 5.91 Å². The molecule has 0 saturated heterocycles. The Hall–Kier alpha value is -1.35. The fourth-order valence-corrected chi connectivity index (χ4v) is 3.04. The van der Waals surface area contributed by atoms with Crippen molar-refractivity contribution in [1.29, 1.82) is 0 Å². The van der Waals surface area contributed by atoms with E-state index in [-0.39, 0.29) is 11.4 Å². The van der Waals surface area contributed by atoms with Gasteiger partial charge < -0.3 is 11.1 Å². The van der Waals surface area contributed by atoms with Crippen LogP contribution in [0.3, 0.4) is 0 Å². The van der Waals surface area contributed by atoms with E-state index in [1.807, 2.05) is 0 Å². The number of hydrogen-bond acceptors (Lipinski definition) is 2. The molecule has 1 aliphatic carbocycles. The molecule has 2 rings (SSSR count). The average Bonchev–Trinajstić information content (AvgIpc) is 2.46. The minimum absolute atomic E-state index is 0.0762. The Kier molecular flexibility index (Phi) is 5.40. The van der Waals surface area contributed by atoms with Gasteiger partial charge in [0.1, 0.15) is 0 Å². The Morgan fingerprint density at radius 3 is 2.38 bits per heavy atom. The molecule has 1 aromatic carbocycles. The van der Waals surface area contributed by atoms with Gasteiger partial charge in [0, 0.05) is 18.5 Å². The molecule has 116 valence electrons. The average molecular weight is 288 g/mol. The number of carbonyl (C=O) groups excluding carboxylic acids is 1. The van der Waals surface area contributed by atoms with Crippen molar-refractivity contribution in [2.24, 2.45) is 5.73 Å². The zero-order valence-electron chi connectivity index (χ0n) is 13.3. The number of hydrogen-bond donors (Lipinski definition) is 2. The number of nitrogens with two attached hydrogens (primary N) is 1. The van der Waals surface area contributed by atoms with E-state index in [1.165, 1.54) is 12.0 Å². The van der Waals surface area contributed by atoms with Gasteiger partial charge in [0.15, 0.2) is 0 Å². The summed E-state index contributed by atoms with van der Waals surface area (Å²) in [5.74, 6) is 0.615. The van der Waals surface area contributed by atoms with Gasteiger partial charge in [-0.05, 0) is 29.9 Å². The summed E-state index contributed by atoms with van der Waals surface area (Å²) in [6.07, 6.45) is 5.97. The van der Waals surface area contributed by atoms with Crippen LogP contribution in [0.1, 0.15) is 69.4 Å². The standard InChI is InChI=1S/C18H28N2O/c1-14(2)16-8-6-15(7-9-16)13-20-17(21)12-18(19)10-4-3-5-11-18/h6-9,14H,3-5,10-13,19H2,1-2H3,(H,20,21). The van der Waals surface area contributed by atoms with E-state index in [9.17, 15) is 4.79 Å². The lowest BCUT2D eigenvalue weighted by atomic mass is 9.80. The molecule has 1 aromatic rings. The lowest BCUT2D eigenvalue weighted by molar-refractivity contribution is -0.122. The maximum absolute atomic E-state index is 12.1. The Bertz CT molecular complexity index is 459. The summed E-state index contributed by atoms with van der Waals surface area (Å²) in [5.41, 5.74) is 8.52. The van der Waals surface area contributed by atoms with Crippen LogP contribution in [0.25, 0.3) is 0 Å². The van der Waals surface area contributed by atoms with Crippen molar-refractivity contribution in [2.75, 3.05) is 0 Å². The predicted octanol–water partition coefficient (Wildman–Crippen LogP) is 3.48. The van der Waals surface area contributed by atoms with Gasteiger partial charge in [0.05, 0.1) is 0 Å². The van der Waals surface area contributed by atoms with E-state index in [2.05, 4.69) is 43.4 Å². The highest BCUT2D eigenvalue weighted by molar-refractivity contribution is 5.77. The molecular weight excluding hydrogens is 260 g/mol. The molecule has 0 heterocycles. The van der Waals surface area contributed by atoms with Crippen molar-refractivity contribution in [3.8, 4) is 0 Å². The van der Waals surface area contributed by atoms with Gasteiger partial charge in [-0.15, -0.1) is 0 Å². The minimum atomic E-state index is -0.274. The Morgan fingerprint density at radius 1 is 1.19 bits per heavy atom. The van der Waals surface area contributed by atoms with Crippen molar-refractivity contribution >= 4 is 5.91 Å². The monoisotopic (exact) mass is 288 g/mol. The van der Waals surface area contributed by atoms with E-state index < -0.39 is 0 Å². The van der Waals surface area contributed by atoms with E-state index in [1.54, 1.807) is 0 Å². The van der Waals surface area contributed by atoms with Crippen molar-refractivity contribution in [3.63, 3.8) is 0 Å². The van der Waals surface area contributed by atoms with Crippen LogP contribution in [0.2, 0.25) is 0 Å².